The summed E-state index contributed by atoms with van der Waals surface area (Å²) in [6.07, 6.45) is 9.52. The van der Waals surface area contributed by atoms with Gasteiger partial charge in [0.25, 0.3) is 5.52 Å². The van der Waals surface area contributed by atoms with Crippen molar-refractivity contribution in [3.8, 4) is 0 Å². The van der Waals surface area contributed by atoms with E-state index in [1.54, 1.807) is 31.2 Å². The Morgan fingerprint density at radius 3 is 1.82 bits per heavy atom. The molecule has 0 rings (SSSR count). The van der Waals surface area contributed by atoms with Crippen molar-refractivity contribution in [3.05, 3.63) is 36.5 Å². The van der Waals surface area contributed by atoms with Crippen LogP contribution >= 0.6 is 7.60 Å². The van der Waals surface area contributed by atoms with Gasteiger partial charge < -0.3 is 0 Å². The van der Waals surface area contributed by atoms with Crippen LogP contribution < -0.4 is 0 Å². The lowest BCUT2D eigenvalue weighted by Gasteiger charge is -2.13. The molecular weight excluding hydrogens is 239 g/mol. The monoisotopic (exact) mass is 258 g/mol. The van der Waals surface area contributed by atoms with Crippen LogP contribution in [-0.2, 0) is 18.4 Å². The zero-order valence-corrected chi connectivity index (χ0v) is 11.4. The summed E-state index contributed by atoms with van der Waals surface area (Å²) in [5.74, 6) is 0. The van der Waals surface area contributed by atoms with Gasteiger partial charge >= 0.3 is 7.60 Å². The minimum atomic E-state index is -3.71. The van der Waals surface area contributed by atoms with Crippen molar-refractivity contribution in [3.63, 3.8) is 0 Å². The summed E-state index contributed by atoms with van der Waals surface area (Å²) in [7, 11) is -3.71. The van der Waals surface area contributed by atoms with Gasteiger partial charge in [-0.1, -0.05) is 30.4 Å². The molecule has 17 heavy (non-hydrogen) atoms. The topological polar surface area (TPSA) is 52.6 Å². The van der Waals surface area contributed by atoms with E-state index < -0.39 is 13.1 Å². The average Bonchev–Trinajstić information content (AvgIpc) is 2.30. The van der Waals surface area contributed by atoms with Crippen LogP contribution in [0.2, 0.25) is 0 Å². The summed E-state index contributed by atoms with van der Waals surface area (Å²) < 4.78 is 22.2. The molecule has 0 amide bonds. The second-order valence-electron chi connectivity index (χ2n) is 3.07. The molecular formula is C12H19O4P. The van der Waals surface area contributed by atoms with Crippen molar-refractivity contribution in [1.82, 2.24) is 0 Å². The number of rotatable bonds is 8. The summed E-state index contributed by atoms with van der Waals surface area (Å²) in [5.41, 5.74) is -0.631. The van der Waals surface area contributed by atoms with Crippen molar-refractivity contribution in [1.29, 1.82) is 0 Å². The third kappa shape index (κ3) is 6.37. The highest BCUT2D eigenvalue weighted by Crippen LogP contribution is 2.49. The van der Waals surface area contributed by atoms with Gasteiger partial charge in [-0.05, 0) is 26.8 Å². The number of hydrogen-bond acceptors (Lipinski definition) is 4. The van der Waals surface area contributed by atoms with E-state index in [2.05, 4.69) is 0 Å². The Labute approximate surface area is 103 Å². The summed E-state index contributed by atoms with van der Waals surface area (Å²) in [6.45, 7) is 5.46. The van der Waals surface area contributed by atoms with Gasteiger partial charge in [-0.15, -0.1) is 0 Å². The van der Waals surface area contributed by atoms with Crippen molar-refractivity contribution in [2.75, 3.05) is 13.2 Å². The van der Waals surface area contributed by atoms with Crippen molar-refractivity contribution < 1.29 is 18.4 Å². The first-order chi connectivity index (χ1) is 8.10. The van der Waals surface area contributed by atoms with Crippen LogP contribution in [0.3, 0.4) is 0 Å². The van der Waals surface area contributed by atoms with E-state index in [0.717, 1.165) is 0 Å². The molecule has 0 bridgehead atoms. The molecule has 0 aliphatic carbocycles. The third-order valence-corrected chi connectivity index (χ3v) is 3.40. The van der Waals surface area contributed by atoms with E-state index in [0.29, 0.717) is 0 Å². The van der Waals surface area contributed by atoms with Crippen molar-refractivity contribution >= 4 is 13.1 Å². The van der Waals surface area contributed by atoms with Gasteiger partial charge in [0, 0.05) is 0 Å². The molecule has 0 heterocycles. The molecule has 0 saturated carbocycles. The summed E-state index contributed by atoms with van der Waals surface area (Å²) >= 11 is 0. The Balaban J connectivity index is 4.67. The highest BCUT2D eigenvalue weighted by Gasteiger charge is 2.31. The second-order valence-corrected chi connectivity index (χ2v) is 5.02. The standard InChI is InChI=1S/C12H19O4P/c1-4-7-10-15-17(14,12(13)9-6-3)16-11-8-5-2/h4-9H,10-11H2,1-3H3/b7-4?,8-5?,9-6+. The Morgan fingerprint density at radius 2 is 1.47 bits per heavy atom. The molecule has 0 unspecified atom stereocenters. The minimum Gasteiger partial charge on any atom is -0.299 e. The molecule has 0 aliphatic rings. The highest BCUT2D eigenvalue weighted by molar-refractivity contribution is 7.72. The van der Waals surface area contributed by atoms with Crippen LogP contribution in [0.1, 0.15) is 20.8 Å². The number of carbonyl (C=O) groups excluding carboxylic acids is 1. The number of carbonyl (C=O) groups is 1. The quantitative estimate of drug-likeness (QED) is 0.380. The van der Waals surface area contributed by atoms with Gasteiger partial charge in [-0.25, -0.2) is 0 Å². The summed E-state index contributed by atoms with van der Waals surface area (Å²) in [4.78, 5) is 11.6. The maximum Gasteiger partial charge on any atom is 0.401 e. The first-order valence-corrected chi connectivity index (χ1v) is 6.93. The molecule has 4 nitrogen and oxygen atoms in total. The fourth-order valence-electron chi connectivity index (χ4n) is 0.873. The largest absolute Gasteiger partial charge is 0.401 e. The first-order valence-electron chi connectivity index (χ1n) is 5.39. The molecule has 96 valence electrons. The first kappa shape index (κ1) is 16.0. The van der Waals surface area contributed by atoms with Crippen molar-refractivity contribution in [2.45, 2.75) is 20.8 Å². The lowest BCUT2D eigenvalue weighted by Crippen LogP contribution is -2.05. The van der Waals surface area contributed by atoms with E-state index in [1.807, 2.05) is 13.8 Å². The Bertz CT molecular complexity index is 336. The van der Waals surface area contributed by atoms with Gasteiger partial charge in [0.15, 0.2) is 0 Å². The van der Waals surface area contributed by atoms with Crippen LogP contribution in [0.25, 0.3) is 0 Å². The molecule has 0 saturated heterocycles. The van der Waals surface area contributed by atoms with Crippen LogP contribution in [0, 0.1) is 0 Å². The number of allylic oxidation sites excluding steroid dienone is 4. The smallest absolute Gasteiger partial charge is 0.299 e. The zero-order chi connectivity index (χ0) is 13.1. The van der Waals surface area contributed by atoms with E-state index >= 15 is 0 Å². The van der Waals surface area contributed by atoms with E-state index in [-0.39, 0.29) is 13.2 Å². The van der Waals surface area contributed by atoms with E-state index in [9.17, 15) is 9.36 Å². The Morgan fingerprint density at radius 1 is 1.00 bits per heavy atom. The lowest BCUT2D eigenvalue weighted by atomic mass is 10.6. The summed E-state index contributed by atoms with van der Waals surface area (Å²) in [5, 5.41) is 0. The maximum absolute atomic E-state index is 12.1. The Hall–Kier alpha value is -0.960. The summed E-state index contributed by atoms with van der Waals surface area (Å²) in [6, 6.07) is 0. The third-order valence-electron chi connectivity index (χ3n) is 1.73. The predicted octanol–water partition coefficient (Wildman–Crippen LogP) is 3.47. The van der Waals surface area contributed by atoms with Crippen LogP contribution in [-0.4, -0.2) is 18.7 Å². The molecule has 0 fully saturated rings. The van der Waals surface area contributed by atoms with E-state index in [4.69, 9.17) is 9.05 Å². The molecule has 0 aromatic rings. The fourth-order valence-corrected chi connectivity index (χ4v) is 2.10. The van der Waals surface area contributed by atoms with Crippen molar-refractivity contribution in [2.24, 2.45) is 0 Å². The highest BCUT2D eigenvalue weighted by atomic mass is 31.2. The molecule has 0 aliphatic heterocycles. The van der Waals surface area contributed by atoms with Gasteiger partial charge in [-0.3, -0.25) is 18.4 Å². The molecule has 0 radical (unpaired) electrons. The minimum absolute atomic E-state index is 0.0902. The lowest BCUT2D eigenvalue weighted by molar-refractivity contribution is -0.109. The molecule has 0 atom stereocenters. The Kier molecular flexibility index (Phi) is 8.60. The average molecular weight is 258 g/mol. The molecule has 0 aromatic carbocycles. The SMILES string of the molecule is CC=CCOP(=O)(OCC=CC)C(=O)/C=C/C. The second kappa shape index (κ2) is 9.11. The van der Waals surface area contributed by atoms with Gasteiger partial charge in [0.1, 0.15) is 0 Å². The fraction of sp³-hybridized carbons (Fsp3) is 0.417. The van der Waals surface area contributed by atoms with Crippen LogP contribution in [0.15, 0.2) is 36.5 Å². The van der Waals surface area contributed by atoms with Crippen LogP contribution in [0.5, 0.6) is 0 Å². The van der Waals surface area contributed by atoms with Gasteiger partial charge in [0.2, 0.25) is 0 Å². The maximum atomic E-state index is 12.1. The number of hydrogen-bond donors (Lipinski definition) is 0. The van der Waals surface area contributed by atoms with Crippen LogP contribution in [0.4, 0.5) is 0 Å². The molecule has 0 spiro atoms. The van der Waals surface area contributed by atoms with Gasteiger partial charge in [-0.2, -0.15) is 0 Å². The predicted molar refractivity (Wildman–Crippen MR) is 69.0 cm³/mol. The normalized spacial score (nSPS) is 15.9. The van der Waals surface area contributed by atoms with E-state index in [1.165, 1.54) is 12.2 Å². The molecule has 0 N–H and O–H groups in total. The van der Waals surface area contributed by atoms with Gasteiger partial charge in [0.05, 0.1) is 13.2 Å². The zero-order valence-electron chi connectivity index (χ0n) is 10.5. The molecule has 5 heteroatoms. The molecule has 0 aromatic heterocycles.